The minimum Gasteiger partial charge on any atom is -0.399 e. The minimum atomic E-state index is -2.51. The summed E-state index contributed by atoms with van der Waals surface area (Å²) >= 11 is 0. The van der Waals surface area contributed by atoms with Crippen LogP contribution in [0.5, 0.6) is 0 Å². The third-order valence-corrected chi connectivity index (χ3v) is 1.67. The van der Waals surface area contributed by atoms with Crippen LogP contribution in [-0.4, -0.2) is 4.89 Å². The van der Waals surface area contributed by atoms with Gasteiger partial charge < -0.3 is 5.73 Å². The number of hydrogen-bond donors (Lipinski definition) is 2. The minimum absolute atomic E-state index is 0.131. The lowest BCUT2D eigenvalue weighted by Crippen LogP contribution is -1.87. The summed E-state index contributed by atoms with van der Waals surface area (Å²) in [5.41, 5.74) is 6.92. The molecule has 0 bridgehead atoms. The largest absolute Gasteiger partial charge is 0.695 e. The third kappa shape index (κ3) is 2.96. The first-order valence-corrected chi connectivity index (χ1v) is 4.45. The lowest BCUT2D eigenvalue weighted by atomic mass is 10.2. The van der Waals surface area contributed by atoms with Gasteiger partial charge in [-0.2, -0.15) is 0 Å². The maximum atomic E-state index is 10.1. The summed E-state index contributed by atoms with van der Waals surface area (Å²) in [6.07, 6.45) is 0. The fourth-order valence-electron chi connectivity index (χ4n) is 0.744. The van der Waals surface area contributed by atoms with Crippen molar-refractivity contribution < 1.29 is 14.0 Å². The number of nitrogens with two attached hydrogens (primary N) is 1. The summed E-state index contributed by atoms with van der Waals surface area (Å²) in [5.74, 6) is 0. The van der Waals surface area contributed by atoms with E-state index in [9.17, 15) is 4.57 Å². The molecule has 0 aliphatic carbocycles. The zero-order valence-electron chi connectivity index (χ0n) is 6.30. The fourth-order valence-corrected chi connectivity index (χ4v) is 1.00. The Balaban J connectivity index is 2.53. The third-order valence-electron chi connectivity index (χ3n) is 1.32. The molecule has 0 aliphatic heterocycles. The smallest absolute Gasteiger partial charge is 0.399 e. The van der Waals surface area contributed by atoms with E-state index in [-0.39, 0.29) is 6.61 Å². The van der Waals surface area contributed by atoms with Gasteiger partial charge in [0.15, 0.2) is 0 Å². The monoisotopic (exact) mass is 186 g/mol. The summed E-state index contributed by atoms with van der Waals surface area (Å²) < 4.78 is 14.6. The highest BCUT2D eigenvalue weighted by Crippen LogP contribution is 2.18. The Morgan fingerprint density at radius 1 is 1.42 bits per heavy atom. The second kappa shape index (κ2) is 4.16. The van der Waals surface area contributed by atoms with Gasteiger partial charge in [-0.05, 0) is 17.7 Å². The summed E-state index contributed by atoms with van der Waals surface area (Å²) in [6, 6.07) is 6.91. The molecule has 64 valence electrons. The molecule has 5 heteroatoms. The van der Waals surface area contributed by atoms with Crippen molar-refractivity contribution in [2.45, 2.75) is 6.61 Å². The van der Waals surface area contributed by atoms with Gasteiger partial charge in [0.25, 0.3) is 0 Å². The summed E-state index contributed by atoms with van der Waals surface area (Å²) in [5, 5.41) is 0. The highest BCUT2D eigenvalue weighted by Gasteiger charge is 2.11. The van der Waals surface area contributed by atoms with Gasteiger partial charge in [0.05, 0.1) is 0 Å². The van der Waals surface area contributed by atoms with Crippen molar-refractivity contribution in [3.63, 3.8) is 0 Å². The molecule has 0 aromatic heterocycles. The maximum absolute atomic E-state index is 10.1. The SMILES string of the molecule is Nc1ccc(CO[P+](=O)O)cc1. The predicted molar refractivity (Wildman–Crippen MR) is 45.5 cm³/mol. The Bertz CT molecular complexity index is 272. The Labute approximate surface area is 70.9 Å². The van der Waals surface area contributed by atoms with Crippen molar-refractivity contribution in [1.82, 2.24) is 0 Å². The Kier molecular flexibility index (Phi) is 3.17. The number of nitrogen functional groups attached to an aromatic ring is 1. The molecule has 1 aromatic carbocycles. The van der Waals surface area contributed by atoms with Gasteiger partial charge in [-0.25, -0.2) is 0 Å². The van der Waals surface area contributed by atoms with Crippen molar-refractivity contribution in [1.29, 1.82) is 0 Å². The van der Waals surface area contributed by atoms with E-state index in [2.05, 4.69) is 4.52 Å². The summed E-state index contributed by atoms with van der Waals surface area (Å²) in [7, 11) is -2.51. The number of benzene rings is 1. The quantitative estimate of drug-likeness (QED) is 0.553. The zero-order chi connectivity index (χ0) is 8.97. The Hall–Kier alpha value is -0.960. The van der Waals surface area contributed by atoms with Gasteiger partial charge in [-0.15, -0.1) is 9.42 Å². The highest BCUT2D eigenvalue weighted by molar-refractivity contribution is 7.32. The molecule has 1 atom stereocenters. The molecular formula is C7H9NO3P+. The van der Waals surface area contributed by atoms with Crippen LogP contribution in [0, 0.1) is 0 Å². The normalized spacial score (nSPS) is 11.2. The molecule has 0 saturated heterocycles. The molecule has 0 spiro atoms. The molecule has 0 radical (unpaired) electrons. The molecule has 12 heavy (non-hydrogen) atoms. The van der Waals surface area contributed by atoms with Crippen LogP contribution in [-0.2, 0) is 15.7 Å². The lowest BCUT2D eigenvalue weighted by molar-refractivity contribution is 0.272. The average molecular weight is 186 g/mol. The van der Waals surface area contributed by atoms with E-state index >= 15 is 0 Å². The van der Waals surface area contributed by atoms with E-state index < -0.39 is 8.25 Å². The highest BCUT2D eigenvalue weighted by atomic mass is 31.1. The van der Waals surface area contributed by atoms with E-state index in [1.165, 1.54) is 0 Å². The van der Waals surface area contributed by atoms with Gasteiger partial charge in [0.2, 0.25) is 0 Å². The lowest BCUT2D eigenvalue weighted by Gasteiger charge is -1.94. The van der Waals surface area contributed by atoms with Crippen molar-refractivity contribution in [3.05, 3.63) is 29.8 Å². The number of hydrogen-bond acceptors (Lipinski definition) is 3. The second-order valence-corrected chi connectivity index (χ2v) is 2.99. The van der Waals surface area contributed by atoms with Gasteiger partial charge >= 0.3 is 8.25 Å². The molecule has 4 nitrogen and oxygen atoms in total. The second-order valence-electron chi connectivity index (χ2n) is 2.25. The molecular weight excluding hydrogens is 177 g/mol. The molecule has 1 unspecified atom stereocenters. The molecule has 1 rings (SSSR count). The Morgan fingerprint density at radius 2 is 2.00 bits per heavy atom. The predicted octanol–water partition coefficient (Wildman–Crippen LogP) is 1.44. The van der Waals surface area contributed by atoms with Crippen molar-refractivity contribution in [2.75, 3.05) is 5.73 Å². The fraction of sp³-hybridized carbons (Fsp3) is 0.143. The molecule has 1 aromatic rings. The average Bonchev–Trinajstić information content (AvgIpc) is 2.03. The van der Waals surface area contributed by atoms with E-state index in [0.29, 0.717) is 5.69 Å². The van der Waals surface area contributed by atoms with Crippen molar-refractivity contribution >= 4 is 13.9 Å². The van der Waals surface area contributed by atoms with E-state index in [1.807, 2.05) is 0 Å². The van der Waals surface area contributed by atoms with Crippen LogP contribution < -0.4 is 5.73 Å². The summed E-state index contributed by atoms with van der Waals surface area (Å²) in [4.78, 5) is 8.33. The van der Waals surface area contributed by atoms with Crippen molar-refractivity contribution in [3.8, 4) is 0 Å². The molecule has 0 fully saturated rings. The van der Waals surface area contributed by atoms with Crippen LogP contribution in [0.1, 0.15) is 5.56 Å². The van der Waals surface area contributed by atoms with Gasteiger partial charge in [0.1, 0.15) is 6.61 Å². The van der Waals surface area contributed by atoms with Crippen LogP contribution in [0.3, 0.4) is 0 Å². The topological polar surface area (TPSA) is 72.5 Å². The zero-order valence-corrected chi connectivity index (χ0v) is 7.20. The number of anilines is 1. The van der Waals surface area contributed by atoms with Gasteiger partial charge in [0, 0.05) is 10.3 Å². The number of rotatable bonds is 3. The molecule has 0 aliphatic rings. The van der Waals surface area contributed by atoms with Crippen molar-refractivity contribution in [2.24, 2.45) is 0 Å². The Morgan fingerprint density at radius 3 is 2.50 bits per heavy atom. The van der Waals surface area contributed by atoms with Gasteiger partial charge in [-0.1, -0.05) is 12.1 Å². The van der Waals surface area contributed by atoms with E-state index in [1.54, 1.807) is 24.3 Å². The molecule has 0 heterocycles. The first-order chi connectivity index (χ1) is 5.68. The van der Waals surface area contributed by atoms with E-state index in [0.717, 1.165) is 5.56 Å². The van der Waals surface area contributed by atoms with E-state index in [4.69, 9.17) is 10.6 Å². The first-order valence-electron chi connectivity index (χ1n) is 3.32. The molecule has 3 N–H and O–H groups in total. The molecule has 0 saturated carbocycles. The van der Waals surface area contributed by atoms with Crippen LogP contribution in [0.15, 0.2) is 24.3 Å². The first kappa shape index (κ1) is 9.13. The van der Waals surface area contributed by atoms with Gasteiger partial charge in [-0.3, -0.25) is 0 Å². The maximum Gasteiger partial charge on any atom is 0.695 e. The molecule has 0 amide bonds. The van der Waals surface area contributed by atoms with Crippen LogP contribution in [0.4, 0.5) is 5.69 Å². The standard InChI is InChI=1S/C7H8NO3P/c8-7-3-1-6(2-4-7)5-11-12(9)10/h1-4H,5,8H2/p+1. The van der Waals surface area contributed by atoms with Crippen LogP contribution >= 0.6 is 8.25 Å². The van der Waals surface area contributed by atoms with Crippen LogP contribution in [0.25, 0.3) is 0 Å². The summed E-state index contributed by atoms with van der Waals surface area (Å²) in [6.45, 7) is 0.131. The van der Waals surface area contributed by atoms with Crippen LogP contribution in [0.2, 0.25) is 0 Å².